The van der Waals surface area contributed by atoms with E-state index in [9.17, 15) is 19.7 Å². The van der Waals surface area contributed by atoms with Crippen molar-refractivity contribution in [1.29, 1.82) is 0 Å². The van der Waals surface area contributed by atoms with Gasteiger partial charge in [0.1, 0.15) is 11.6 Å². The lowest BCUT2D eigenvalue weighted by Gasteiger charge is -2.36. The lowest BCUT2D eigenvalue weighted by molar-refractivity contribution is -0.385. The number of rotatable bonds is 2. The smallest absolute Gasteiger partial charge is 0.411 e. The Morgan fingerprint density at radius 1 is 1.33 bits per heavy atom. The molecule has 0 saturated carbocycles. The third kappa shape index (κ3) is 3.81. The number of fused-ring (bicyclic) bond motifs is 1. The van der Waals surface area contributed by atoms with Crippen LogP contribution in [0.4, 0.5) is 10.5 Å². The Kier molecular flexibility index (Phi) is 4.77. The number of ether oxygens (including phenoxy) is 1. The quantitative estimate of drug-likeness (QED) is 0.658. The van der Waals surface area contributed by atoms with Gasteiger partial charge in [0.25, 0.3) is 5.69 Å². The average Bonchev–Trinajstić information content (AvgIpc) is 2.50. The van der Waals surface area contributed by atoms with Gasteiger partial charge in [-0.05, 0) is 31.9 Å². The topological polar surface area (TPSA) is 102 Å². The summed E-state index contributed by atoms with van der Waals surface area (Å²) in [6.07, 6.45) is -0.333. The van der Waals surface area contributed by atoms with Gasteiger partial charge in [0.05, 0.1) is 11.5 Å². The monoisotopic (exact) mass is 335 g/mol. The number of likely N-dealkylation sites (N-methyl/N-ethyl adjacent to an activating group) is 1. The number of benzene rings is 1. The molecule has 1 heterocycles. The molecule has 0 bridgehead atoms. The number of hydrogen-bond acceptors (Lipinski definition) is 5. The van der Waals surface area contributed by atoms with E-state index in [1.54, 1.807) is 26.8 Å². The van der Waals surface area contributed by atoms with Crippen LogP contribution in [0.5, 0.6) is 0 Å². The number of nitrogens with one attached hydrogen (secondary N) is 1. The largest absolute Gasteiger partial charge is 0.444 e. The van der Waals surface area contributed by atoms with Crippen LogP contribution in [-0.4, -0.2) is 40.5 Å². The molecule has 0 saturated heterocycles. The summed E-state index contributed by atoms with van der Waals surface area (Å²) < 4.78 is 5.37. The van der Waals surface area contributed by atoms with Crippen LogP contribution in [0.1, 0.15) is 31.9 Å². The van der Waals surface area contributed by atoms with Crippen molar-refractivity contribution in [3.63, 3.8) is 0 Å². The summed E-state index contributed by atoms with van der Waals surface area (Å²) in [6.45, 7) is 5.30. The summed E-state index contributed by atoms with van der Waals surface area (Å²) in [5.74, 6) is -0.301. The first kappa shape index (κ1) is 17.7. The predicted molar refractivity (Wildman–Crippen MR) is 86.4 cm³/mol. The molecule has 0 aromatic heterocycles. The summed E-state index contributed by atoms with van der Waals surface area (Å²) in [5.41, 5.74) is 0.716. The molecule has 1 aromatic carbocycles. The minimum Gasteiger partial charge on any atom is -0.444 e. The number of amides is 2. The molecule has 1 aliphatic rings. The predicted octanol–water partition coefficient (Wildman–Crippen LogP) is 2.00. The van der Waals surface area contributed by atoms with Crippen LogP contribution in [0.25, 0.3) is 0 Å². The van der Waals surface area contributed by atoms with Crippen LogP contribution in [0, 0.1) is 10.1 Å². The Bertz CT molecular complexity index is 681. The van der Waals surface area contributed by atoms with Crippen LogP contribution >= 0.6 is 0 Å². The van der Waals surface area contributed by atoms with Gasteiger partial charge in [-0.2, -0.15) is 0 Å². The Morgan fingerprint density at radius 2 is 2.00 bits per heavy atom. The molecule has 1 N–H and O–H groups in total. The van der Waals surface area contributed by atoms with Gasteiger partial charge >= 0.3 is 6.09 Å². The molecule has 24 heavy (non-hydrogen) atoms. The maximum Gasteiger partial charge on any atom is 0.411 e. The highest BCUT2D eigenvalue weighted by atomic mass is 16.6. The molecule has 1 atom stereocenters. The second kappa shape index (κ2) is 6.46. The molecule has 1 aliphatic heterocycles. The summed E-state index contributed by atoms with van der Waals surface area (Å²) >= 11 is 0. The molecule has 0 spiro atoms. The molecular formula is C16H21N3O5. The SMILES string of the molecule is CNC(=O)C1Cc2ccc([N+](=O)[O-])cc2CN1C(=O)OC(C)(C)C. The van der Waals surface area contributed by atoms with Gasteiger partial charge in [0.2, 0.25) is 5.91 Å². The molecule has 1 aromatic rings. The molecule has 2 rings (SSSR count). The first-order chi connectivity index (χ1) is 11.1. The minimum atomic E-state index is -0.709. The molecule has 0 fully saturated rings. The van der Waals surface area contributed by atoms with E-state index < -0.39 is 22.7 Å². The first-order valence-corrected chi connectivity index (χ1v) is 7.60. The fourth-order valence-electron chi connectivity index (χ4n) is 2.60. The van der Waals surface area contributed by atoms with Crippen LogP contribution in [0.3, 0.4) is 0 Å². The van der Waals surface area contributed by atoms with Crippen molar-refractivity contribution in [2.75, 3.05) is 7.05 Å². The lowest BCUT2D eigenvalue weighted by Crippen LogP contribution is -2.53. The summed E-state index contributed by atoms with van der Waals surface area (Å²) in [7, 11) is 1.50. The van der Waals surface area contributed by atoms with Crippen LogP contribution in [0.2, 0.25) is 0 Å². The third-order valence-corrected chi connectivity index (χ3v) is 3.71. The molecule has 130 valence electrons. The standard InChI is InChI=1S/C16H21N3O5/c1-16(2,3)24-15(21)18-9-11-7-12(19(22)23)6-5-10(11)8-13(18)14(20)17-4/h5-7,13H,8-9H2,1-4H3,(H,17,20). The van der Waals surface area contributed by atoms with Crippen LogP contribution in [0.15, 0.2) is 18.2 Å². The summed E-state index contributed by atoms with van der Waals surface area (Å²) in [5, 5.41) is 13.5. The normalized spacial score (nSPS) is 17.0. The van der Waals surface area contributed by atoms with Crippen molar-refractivity contribution in [3.05, 3.63) is 39.4 Å². The number of carbonyl (C=O) groups is 2. The highest BCUT2D eigenvalue weighted by Gasteiger charge is 2.37. The van der Waals surface area contributed by atoms with Crippen molar-refractivity contribution in [1.82, 2.24) is 10.2 Å². The van der Waals surface area contributed by atoms with Crippen LogP contribution in [-0.2, 0) is 22.5 Å². The van der Waals surface area contributed by atoms with Gasteiger partial charge < -0.3 is 10.1 Å². The van der Waals surface area contributed by atoms with Gasteiger partial charge in [-0.1, -0.05) is 6.07 Å². The van der Waals surface area contributed by atoms with Gasteiger partial charge in [-0.3, -0.25) is 19.8 Å². The Hall–Kier alpha value is -2.64. The zero-order valence-corrected chi connectivity index (χ0v) is 14.2. The van der Waals surface area contributed by atoms with Crippen molar-refractivity contribution >= 4 is 17.7 Å². The number of hydrogen-bond donors (Lipinski definition) is 1. The van der Waals surface area contributed by atoms with E-state index in [1.165, 1.54) is 24.1 Å². The minimum absolute atomic E-state index is 0.0451. The van der Waals surface area contributed by atoms with E-state index >= 15 is 0 Å². The van der Waals surface area contributed by atoms with E-state index in [1.807, 2.05) is 0 Å². The molecule has 8 heteroatoms. The highest BCUT2D eigenvalue weighted by Crippen LogP contribution is 2.28. The lowest BCUT2D eigenvalue weighted by atomic mass is 9.93. The Balaban J connectivity index is 2.37. The van der Waals surface area contributed by atoms with Gasteiger partial charge in [-0.25, -0.2) is 4.79 Å². The maximum atomic E-state index is 12.5. The summed E-state index contributed by atoms with van der Waals surface area (Å²) in [4.78, 5) is 36.4. The van der Waals surface area contributed by atoms with Gasteiger partial charge in [0.15, 0.2) is 0 Å². The Morgan fingerprint density at radius 3 is 2.54 bits per heavy atom. The fraction of sp³-hybridized carbons (Fsp3) is 0.500. The van der Waals surface area contributed by atoms with E-state index in [4.69, 9.17) is 4.74 Å². The molecule has 0 aliphatic carbocycles. The van der Waals surface area contributed by atoms with Crippen molar-refractivity contribution in [2.24, 2.45) is 0 Å². The second-order valence-electron chi connectivity index (χ2n) is 6.65. The molecule has 8 nitrogen and oxygen atoms in total. The number of nitro benzene ring substituents is 1. The zero-order chi connectivity index (χ0) is 18.1. The molecular weight excluding hydrogens is 314 g/mol. The number of non-ortho nitro benzene ring substituents is 1. The summed E-state index contributed by atoms with van der Waals surface area (Å²) in [6, 6.07) is 3.77. The zero-order valence-electron chi connectivity index (χ0n) is 14.2. The fourth-order valence-corrected chi connectivity index (χ4v) is 2.60. The van der Waals surface area contributed by atoms with E-state index in [-0.39, 0.29) is 24.6 Å². The van der Waals surface area contributed by atoms with Crippen LogP contribution < -0.4 is 5.32 Å². The van der Waals surface area contributed by atoms with Gasteiger partial charge in [-0.15, -0.1) is 0 Å². The number of nitrogens with zero attached hydrogens (tertiary/aromatic N) is 2. The van der Waals surface area contributed by atoms with Gasteiger partial charge in [0, 0.05) is 25.6 Å². The van der Waals surface area contributed by atoms with Crippen molar-refractivity contribution < 1.29 is 19.2 Å². The molecule has 2 amide bonds. The first-order valence-electron chi connectivity index (χ1n) is 7.60. The van der Waals surface area contributed by atoms with E-state index in [0.29, 0.717) is 5.56 Å². The van der Waals surface area contributed by atoms with Crippen molar-refractivity contribution in [3.8, 4) is 0 Å². The average molecular weight is 335 g/mol. The Labute approximate surface area is 139 Å². The molecule has 1 unspecified atom stereocenters. The van der Waals surface area contributed by atoms with Crippen molar-refractivity contribution in [2.45, 2.75) is 45.4 Å². The molecule has 0 radical (unpaired) electrons. The van der Waals surface area contributed by atoms with E-state index in [0.717, 1.165) is 5.56 Å². The number of nitro groups is 1. The third-order valence-electron chi connectivity index (χ3n) is 3.71. The maximum absolute atomic E-state index is 12.5. The van der Waals surface area contributed by atoms with E-state index in [2.05, 4.69) is 5.32 Å². The number of carbonyl (C=O) groups excluding carboxylic acids is 2. The second-order valence-corrected chi connectivity index (χ2v) is 6.65. The highest BCUT2D eigenvalue weighted by molar-refractivity contribution is 5.86.